The number of carbonyl (C=O) groups is 1. The van der Waals surface area contributed by atoms with Crippen molar-refractivity contribution >= 4 is 17.4 Å². The van der Waals surface area contributed by atoms with Crippen LogP contribution in [0.25, 0.3) is 0 Å². The number of methoxy groups -OCH3 is 1. The zero-order valence-electron chi connectivity index (χ0n) is 15.7. The number of hydrogen-bond acceptors (Lipinski definition) is 5. The Hall–Kier alpha value is -2.76. The van der Waals surface area contributed by atoms with Gasteiger partial charge in [-0.15, -0.1) is 0 Å². The first-order chi connectivity index (χ1) is 12.7. The average molecular weight is 357 g/mol. The summed E-state index contributed by atoms with van der Waals surface area (Å²) in [5.41, 5.74) is 0.654. The molecule has 0 bridgehead atoms. The summed E-state index contributed by atoms with van der Waals surface area (Å²) in [7, 11) is 1.59. The van der Waals surface area contributed by atoms with E-state index >= 15 is 0 Å². The molecule has 1 heterocycles. The molecule has 0 radical (unpaired) electrons. The molecule has 0 saturated heterocycles. The molecule has 1 aromatic carbocycles. The fraction of sp³-hybridized carbons (Fsp3) is 0.400. The molecule has 2 rings (SSSR count). The number of hydrogen-bond donors (Lipinski definition) is 1. The van der Waals surface area contributed by atoms with E-state index in [0.29, 0.717) is 17.2 Å². The Morgan fingerprint density at radius 2 is 1.85 bits per heavy atom. The smallest absolute Gasteiger partial charge is 0.262 e. The Kier molecular flexibility index (Phi) is 7.74. The SMILES string of the molecule is CCCN(CCC)c1ccc(NC(=O)COc2cccc(OC)c2)cn1. The number of anilines is 2. The van der Waals surface area contributed by atoms with Gasteiger partial charge in [-0.1, -0.05) is 19.9 Å². The number of rotatable bonds is 10. The summed E-state index contributed by atoms with van der Waals surface area (Å²) in [6, 6.07) is 10.9. The van der Waals surface area contributed by atoms with Crippen molar-refractivity contribution < 1.29 is 14.3 Å². The van der Waals surface area contributed by atoms with Crippen LogP contribution in [0.15, 0.2) is 42.6 Å². The van der Waals surface area contributed by atoms with Crippen molar-refractivity contribution in [1.82, 2.24) is 4.98 Å². The number of carbonyl (C=O) groups excluding carboxylic acids is 1. The monoisotopic (exact) mass is 357 g/mol. The predicted octanol–water partition coefficient (Wildman–Crippen LogP) is 3.73. The Labute approximate surface area is 155 Å². The lowest BCUT2D eigenvalue weighted by molar-refractivity contribution is -0.118. The van der Waals surface area contributed by atoms with Crippen molar-refractivity contribution in [1.29, 1.82) is 0 Å². The molecule has 1 aromatic heterocycles. The number of ether oxygens (including phenoxy) is 2. The zero-order chi connectivity index (χ0) is 18.8. The normalized spacial score (nSPS) is 10.3. The highest BCUT2D eigenvalue weighted by molar-refractivity contribution is 5.91. The highest BCUT2D eigenvalue weighted by Gasteiger charge is 2.08. The number of nitrogens with one attached hydrogen (secondary N) is 1. The number of nitrogens with zero attached hydrogens (tertiary/aromatic N) is 2. The van der Waals surface area contributed by atoms with Crippen molar-refractivity contribution in [2.45, 2.75) is 26.7 Å². The van der Waals surface area contributed by atoms with Crippen molar-refractivity contribution in [2.24, 2.45) is 0 Å². The molecule has 140 valence electrons. The average Bonchev–Trinajstić information content (AvgIpc) is 2.67. The first-order valence-electron chi connectivity index (χ1n) is 8.94. The van der Waals surface area contributed by atoms with E-state index in [9.17, 15) is 4.79 Å². The van der Waals surface area contributed by atoms with Gasteiger partial charge in [0.05, 0.1) is 19.0 Å². The molecule has 26 heavy (non-hydrogen) atoms. The molecular weight excluding hydrogens is 330 g/mol. The number of aromatic nitrogens is 1. The molecular formula is C20H27N3O3. The first kappa shape index (κ1) is 19.6. The summed E-state index contributed by atoms with van der Waals surface area (Å²) in [6.07, 6.45) is 3.82. The van der Waals surface area contributed by atoms with Crippen LogP contribution in [0, 0.1) is 0 Å². The van der Waals surface area contributed by atoms with Gasteiger partial charge in [0.15, 0.2) is 6.61 Å². The van der Waals surface area contributed by atoms with Gasteiger partial charge in [-0.05, 0) is 37.1 Å². The second-order valence-electron chi connectivity index (χ2n) is 5.91. The second kappa shape index (κ2) is 10.3. The van der Waals surface area contributed by atoms with Gasteiger partial charge in [0, 0.05) is 19.2 Å². The Balaban J connectivity index is 1.88. The maximum Gasteiger partial charge on any atom is 0.262 e. The van der Waals surface area contributed by atoms with E-state index in [1.807, 2.05) is 24.3 Å². The van der Waals surface area contributed by atoms with Crippen LogP contribution in [0.3, 0.4) is 0 Å². The number of pyridine rings is 1. The summed E-state index contributed by atoms with van der Waals surface area (Å²) < 4.78 is 10.6. The maximum atomic E-state index is 12.1. The second-order valence-corrected chi connectivity index (χ2v) is 5.91. The molecule has 6 nitrogen and oxygen atoms in total. The van der Waals surface area contributed by atoms with Crippen LogP contribution < -0.4 is 19.7 Å². The van der Waals surface area contributed by atoms with Gasteiger partial charge in [-0.25, -0.2) is 4.98 Å². The van der Waals surface area contributed by atoms with E-state index in [1.165, 1.54) is 0 Å². The number of benzene rings is 1. The van der Waals surface area contributed by atoms with Crippen LogP contribution in [-0.2, 0) is 4.79 Å². The first-order valence-corrected chi connectivity index (χ1v) is 8.94. The van der Waals surface area contributed by atoms with Crippen molar-refractivity contribution in [3.8, 4) is 11.5 Å². The molecule has 6 heteroatoms. The van der Waals surface area contributed by atoms with Crippen LogP contribution in [0.4, 0.5) is 11.5 Å². The molecule has 0 saturated carbocycles. The highest BCUT2D eigenvalue weighted by atomic mass is 16.5. The van der Waals surface area contributed by atoms with Crippen molar-refractivity contribution in [3.05, 3.63) is 42.6 Å². The number of amides is 1. The lowest BCUT2D eigenvalue weighted by atomic mass is 10.3. The summed E-state index contributed by atoms with van der Waals surface area (Å²) in [6.45, 7) is 6.17. The Morgan fingerprint density at radius 3 is 2.46 bits per heavy atom. The van der Waals surface area contributed by atoms with Crippen LogP contribution in [-0.4, -0.2) is 37.7 Å². The van der Waals surface area contributed by atoms with Gasteiger partial charge >= 0.3 is 0 Å². The molecule has 1 amide bonds. The van der Waals surface area contributed by atoms with Gasteiger partial charge in [-0.2, -0.15) is 0 Å². The largest absolute Gasteiger partial charge is 0.497 e. The molecule has 0 aliphatic heterocycles. The van der Waals surface area contributed by atoms with E-state index in [4.69, 9.17) is 9.47 Å². The van der Waals surface area contributed by atoms with Crippen LogP contribution in [0.2, 0.25) is 0 Å². The molecule has 0 unspecified atom stereocenters. The van der Waals surface area contributed by atoms with Gasteiger partial charge < -0.3 is 19.7 Å². The molecule has 0 aliphatic carbocycles. The Morgan fingerprint density at radius 1 is 1.12 bits per heavy atom. The lowest BCUT2D eigenvalue weighted by Crippen LogP contribution is -2.26. The van der Waals surface area contributed by atoms with Gasteiger partial charge in [0.2, 0.25) is 0 Å². The van der Waals surface area contributed by atoms with E-state index in [2.05, 4.69) is 29.0 Å². The fourth-order valence-electron chi connectivity index (χ4n) is 2.56. The fourth-order valence-corrected chi connectivity index (χ4v) is 2.56. The summed E-state index contributed by atoms with van der Waals surface area (Å²) in [5, 5.41) is 2.79. The molecule has 0 spiro atoms. The van der Waals surface area contributed by atoms with E-state index in [0.717, 1.165) is 31.7 Å². The molecule has 0 atom stereocenters. The molecule has 0 fully saturated rings. The molecule has 2 aromatic rings. The minimum Gasteiger partial charge on any atom is -0.497 e. The summed E-state index contributed by atoms with van der Waals surface area (Å²) in [4.78, 5) is 18.8. The van der Waals surface area contributed by atoms with E-state index in [-0.39, 0.29) is 12.5 Å². The zero-order valence-corrected chi connectivity index (χ0v) is 15.7. The van der Waals surface area contributed by atoms with Crippen molar-refractivity contribution in [2.75, 3.05) is 37.0 Å². The quantitative estimate of drug-likeness (QED) is 0.702. The van der Waals surface area contributed by atoms with Gasteiger partial charge in [0.1, 0.15) is 17.3 Å². The Bertz CT molecular complexity index is 683. The van der Waals surface area contributed by atoms with E-state index < -0.39 is 0 Å². The standard InChI is InChI=1S/C20H27N3O3/c1-4-11-23(12-5-2)19-10-9-16(14-21-19)22-20(24)15-26-18-8-6-7-17(13-18)25-3/h6-10,13-14H,4-5,11-12,15H2,1-3H3,(H,22,24). The van der Waals surface area contributed by atoms with E-state index in [1.54, 1.807) is 25.4 Å². The predicted molar refractivity (Wildman–Crippen MR) is 104 cm³/mol. The third kappa shape index (κ3) is 5.95. The van der Waals surface area contributed by atoms with Crippen LogP contribution in [0.5, 0.6) is 11.5 Å². The molecule has 0 aliphatic rings. The molecule has 1 N–H and O–H groups in total. The maximum absolute atomic E-state index is 12.1. The minimum atomic E-state index is -0.235. The third-order valence-corrected chi connectivity index (χ3v) is 3.75. The highest BCUT2D eigenvalue weighted by Crippen LogP contribution is 2.19. The summed E-state index contributed by atoms with van der Waals surface area (Å²) in [5.74, 6) is 1.97. The third-order valence-electron chi connectivity index (χ3n) is 3.75. The summed E-state index contributed by atoms with van der Waals surface area (Å²) >= 11 is 0. The van der Waals surface area contributed by atoms with Gasteiger partial charge in [-0.3, -0.25) is 4.79 Å². The van der Waals surface area contributed by atoms with Crippen LogP contribution >= 0.6 is 0 Å². The van der Waals surface area contributed by atoms with Crippen molar-refractivity contribution in [3.63, 3.8) is 0 Å². The van der Waals surface area contributed by atoms with Crippen LogP contribution in [0.1, 0.15) is 26.7 Å². The lowest BCUT2D eigenvalue weighted by Gasteiger charge is -2.22. The van der Waals surface area contributed by atoms with Gasteiger partial charge in [0.25, 0.3) is 5.91 Å². The topological polar surface area (TPSA) is 63.7 Å². The minimum absolute atomic E-state index is 0.0767.